The van der Waals surface area contributed by atoms with Gasteiger partial charge in [0.05, 0.1) is 0 Å². The molecule has 1 aromatic carbocycles. The molecular weight excluding hydrogens is 164 g/mol. The van der Waals surface area contributed by atoms with Crippen molar-refractivity contribution in [2.24, 2.45) is 0 Å². The standard InChI is InChI=1S/C10H15N2O/c1-3-11-9-5-7-10(8-6-9)12(13)4-2/h5-8,11H,3-4H2,1-2H3/q+1. The summed E-state index contributed by atoms with van der Waals surface area (Å²) in [5, 5.41) is 3.17. The van der Waals surface area contributed by atoms with Crippen LogP contribution in [0, 0.1) is 4.91 Å². The van der Waals surface area contributed by atoms with Crippen LogP contribution in [0.2, 0.25) is 0 Å². The van der Waals surface area contributed by atoms with E-state index < -0.39 is 0 Å². The highest BCUT2D eigenvalue weighted by atomic mass is 16.3. The molecule has 70 valence electrons. The largest absolute Gasteiger partial charge is 0.385 e. The maximum Gasteiger partial charge on any atom is 0.256 e. The second-order valence-corrected chi connectivity index (χ2v) is 2.77. The van der Waals surface area contributed by atoms with Crippen molar-refractivity contribution in [2.75, 3.05) is 18.4 Å². The molecule has 13 heavy (non-hydrogen) atoms. The predicted octanol–water partition coefficient (Wildman–Crippen LogP) is 2.55. The molecule has 0 radical (unpaired) electrons. The number of nitroso groups, excluding NO2 is 1. The molecule has 3 nitrogen and oxygen atoms in total. The quantitative estimate of drug-likeness (QED) is 0.720. The van der Waals surface area contributed by atoms with Crippen LogP contribution in [0.3, 0.4) is 0 Å². The number of rotatable bonds is 4. The Morgan fingerprint density at radius 1 is 1.23 bits per heavy atom. The Morgan fingerprint density at radius 3 is 2.31 bits per heavy atom. The molecule has 0 saturated heterocycles. The number of benzene rings is 1. The van der Waals surface area contributed by atoms with Crippen molar-refractivity contribution in [3.8, 4) is 0 Å². The van der Waals surface area contributed by atoms with Crippen LogP contribution in [0.15, 0.2) is 24.3 Å². The smallest absolute Gasteiger partial charge is 0.256 e. The van der Waals surface area contributed by atoms with Crippen molar-refractivity contribution >= 4 is 11.4 Å². The first-order chi connectivity index (χ1) is 6.27. The van der Waals surface area contributed by atoms with Gasteiger partial charge in [-0.15, -0.1) is 0 Å². The highest BCUT2D eigenvalue weighted by molar-refractivity contribution is 5.48. The fraction of sp³-hybridized carbons (Fsp3) is 0.400. The van der Waals surface area contributed by atoms with E-state index in [-0.39, 0.29) is 0 Å². The Hall–Kier alpha value is -1.38. The van der Waals surface area contributed by atoms with Crippen molar-refractivity contribution in [3.05, 3.63) is 29.2 Å². The zero-order valence-electron chi connectivity index (χ0n) is 8.08. The number of nitrogens with one attached hydrogen (secondary N) is 1. The van der Waals surface area contributed by atoms with Gasteiger partial charge in [0.1, 0.15) is 0 Å². The van der Waals surface area contributed by atoms with Crippen LogP contribution < -0.4 is 5.32 Å². The lowest BCUT2D eigenvalue weighted by molar-refractivity contribution is -0.458. The molecule has 0 aliphatic rings. The summed E-state index contributed by atoms with van der Waals surface area (Å²) in [4.78, 5) is 11.2. The Labute approximate surface area is 78.3 Å². The molecule has 0 atom stereocenters. The Morgan fingerprint density at radius 2 is 1.85 bits per heavy atom. The normalized spacial score (nSPS) is 9.69. The first-order valence-electron chi connectivity index (χ1n) is 4.56. The number of hydrogen-bond acceptors (Lipinski definition) is 2. The van der Waals surface area contributed by atoms with Gasteiger partial charge in [-0.2, -0.15) is 0 Å². The summed E-state index contributed by atoms with van der Waals surface area (Å²) >= 11 is 0. The molecule has 0 unspecified atom stereocenters. The minimum absolute atomic E-state index is 0.487. The maximum atomic E-state index is 11.2. The van der Waals surface area contributed by atoms with Crippen molar-refractivity contribution < 1.29 is 4.76 Å². The van der Waals surface area contributed by atoms with E-state index in [0.717, 1.165) is 17.0 Å². The van der Waals surface area contributed by atoms with E-state index >= 15 is 0 Å². The van der Waals surface area contributed by atoms with E-state index in [4.69, 9.17) is 0 Å². The summed E-state index contributed by atoms with van der Waals surface area (Å²) in [6.45, 7) is 5.26. The van der Waals surface area contributed by atoms with E-state index in [9.17, 15) is 4.91 Å². The second kappa shape index (κ2) is 4.60. The number of anilines is 1. The molecule has 0 saturated carbocycles. The van der Waals surface area contributed by atoms with Crippen LogP contribution in [0.1, 0.15) is 13.8 Å². The summed E-state index contributed by atoms with van der Waals surface area (Å²) in [7, 11) is 0. The summed E-state index contributed by atoms with van der Waals surface area (Å²) in [6, 6.07) is 7.49. The van der Waals surface area contributed by atoms with Gasteiger partial charge in [-0.25, -0.2) is 0 Å². The molecule has 1 rings (SSSR count). The van der Waals surface area contributed by atoms with Crippen LogP contribution in [0.4, 0.5) is 11.4 Å². The van der Waals surface area contributed by atoms with Crippen LogP contribution >= 0.6 is 0 Å². The maximum absolute atomic E-state index is 11.2. The summed E-state index contributed by atoms with van der Waals surface area (Å²) < 4.78 is 0.968. The van der Waals surface area contributed by atoms with Gasteiger partial charge in [0.15, 0.2) is 6.54 Å². The fourth-order valence-corrected chi connectivity index (χ4v) is 1.13. The van der Waals surface area contributed by atoms with E-state index in [2.05, 4.69) is 5.32 Å². The Bertz CT molecular complexity index is 279. The Balaban J connectivity index is 2.75. The van der Waals surface area contributed by atoms with Crippen molar-refractivity contribution in [2.45, 2.75) is 13.8 Å². The third kappa shape index (κ3) is 2.54. The van der Waals surface area contributed by atoms with Crippen LogP contribution in [0.5, 0.6) is 0 Å². The summed E-state index contributed by atoms with van der Waals surface area (Å²) in [5.74, 6) is 0. The van der Waals surface area contributed by atoms with Gasteiger partial charge in [-0.3, -0.25) is 0 Å². The van der Waals surface area contributed by atoms with Gasteiger partial charge in [-0.1, -0.05) is 0 Å². The number of hydrogen-bond donors (Lipinski definition) is 1. The molecule has 0 aliphatic carbocycles. The van der Waals surface area contributed by atoms with E-state index in [1.54, 1.807) is 0 Å². The topological polar surface area (TPSA) is 32.1 Å². The summed E-state index contributed by atoms with van der Waals surface area (Å²) in [6.07, 6.45) is 0. The molecule has 0 spiro atoms. The highest BCUT2D eigenvalue weighted by Gasteiger charge is 2.08. The molecule has 0 fully saturated rings. The van der Waals surface area contributed by atoms with E-state index in [1.165, 1.54) is 0 Å². The molecule has 0 bridgehead atoms. The zero-order chi connectivity index (χ0) is 9.68. The van der Waals surface area contributed by atoms with Gasteiger partial charge in [-0.05, 0) is 26.0 Å². The molecule has 0 amide bonds. The molecule has 0 aliphatic heterocycles. The second-order valence-electron chi connectivity index (χ2n) is 2.77. The molecule has 0 aromatic heterocycles. The molecule has 1 N–H and O–H groups in total. The third-order valence-electron chi connectivity index (χ3n) is 1.82. The first kappa shape index (κ1) is 9.71. The van der Waals surface area contributed by atoms with Crippen LogP contribution in [0.25, 0.3) is 0 Å². The molecule has 0 heterocycles. The monoisotopic (exact) mass is 179 g/mol. The lowest BCUT2D eigenvalue weighted by Crippen LogP contribution is -2.00. The lowest BCUT2D eigenvalue weighted by Gasteiger charge is -2.00. The molecule has 3 heteroatoms. The SMILES string of the molecule is CCNc1ccc([N+](=O)CC)cc1. The minimum atomic E-state index is 0.487. The lowest BCUT2D eigenvalue weighted by atomic mass is 10.3. The molecular formula is C10H15N2O+. The van der Waals surface area contributed by atoms with Gasteiger partial charge in [0.25, 0.3) is 5.69 Å². The predicted molar refractivity (Wildman–Crippen MR) is 54.4 cm³/mol. The van der Waals surface area contributed by atoms with Crippen molar-refractivity contribution in [1.29, 1.82) is 0 Å². The summed E-state index contributed by atoms with van der Waals surface area (Å²) in [5.41, 5.74) is 1.76. The fourth-order valence-electron chi connectivity index (χ4n) is 1.13. The van der Waals surface area contributed by atoms with Crippen molar-refractivity contribution in [3.63, 3.8) is 0 Å². The van der Waals surface area contributed by atoms with Gasteiger partial charge in [0, 0.05) is 34.0 Å². The van der Waals surface area contributed by atoms with Gasteiger partial charge < -0.3 is 5.32 Å². The van der Waals surface area contributed by atoms with Crippen molar-refractivity contribution in [1.82, 2.24) is 0 Å². The first-order valence-corrected chi connectivity index (χ1v) is 4.56. The average molecular weight is 179 g/mol. The zero-order valence-corrected chi connectivity index (χ0v) is 8.08. The van der Waals surface area contributed by atoms with E-state index in [1.807, 2.05) is 38.1 Å². The van der Waals surface area contributed by atoms with Gasteiger partial charge in [0.2, 0.25) is 0 Å². The third-order valence-corrected chi connectivity index (χ3v) is 1.82. The van der Waals surface area contributed by atoms with Crippen LogP contribution in [-0.2, 0) is 0 Å². The van der Waals surface area contributed by atoms with Crippen LogP contribution in [-0.4, -0.2) is 17.8 Å². The van der Waals surface area contributed by atoms with E-state index in [0.29, 0.717) is 12.2 Å². The average Bonchev–Trinajstić information content (AvgIpc) is 2.18. The molecule has 1 aromatic rings. The highest BCUT2D eigenvalue weighted by Crippen LogP contribution is 2.15. The van der Waals surface area contributed by atoms with Gasteiger partial charge >= 0.3 is 0 Å². The number of nitrogens with zero attached hydrogens (tertiary/aromatic N) is 1. The Kier molecular flexibility index (Phi) is 3.43. The minimum Gasteiger partial charge on any atom is -0.385 e.